The molecule has 0 aromatic carbocycles. The Morgan fingerprint density at radius 2 is 2.26 bits per heavy atom. The Kier molecular flexibility index (Phi) is 5.20. The molecule has 0 atom stereocenters. The number of rotatable bonds is 4. The van der Waals surface area contributed by atoms with Gasteiger partial charge in [-0.3, -0.25) is 4.79 Å². The van der Waals surface area contributed by atoms with Gasteiger partial charge in [-0.05, 0) is 26.8 Å². The first kappa shape index (κ1) is 15.3. The second-order valence-electron chi connectivity index (χ2n) is 4.71. The van der Waals surface area contributed by atoms with E-state index in [-0.39, 0.29) is 12.6 Å². The molecule has 0 aliphatic rings. The molecule has 1 N–H and O–H groups in total. The molecule has 102 valence electrons. The number of carbonyl (C=O) groups is 1. The van der Waals surface area contributed by atoms with E-state index in [2.05, 4.69) is 22.1 Å². The minimum Gasteiger partial charge on any atom is -0.463 e. The molecule has 5 heteroatoms. The number of nitrogens with one attached hydrogen (secondary N) is 1. The monoisotopic (exact) mass is 280 g/mol. The van der Waals surface area contributed by atoms with Crippen molar-refractivity contribution in [2.75, 3.05) is 11.9 Å². The van der Waals surface area contributed by atoms with Gasteiger partial charge in [0.15, 0.2) is 0 Å². The summed E-state index contributed by atoms with van der Waals surface area (Å²) >= 11 is 5.90. The van der Waals surface area contributed by atoms with Gasteiger partial charge in [-0.15, -0.1) is 5.92 Å². The van der Waals surface area contributed by atoms with E-state index in [4.69, 9.17) is 16.3 Å². The average Bonchev–Trinajstić information content (AvgIpc) is 2.31. The highest BCUT2D eigenvalue weighted by Gasteiger charge is 2.21. The van der Waals surface area contributed by atoms with Crippen LogP contribution in [0.4, 0.5) is 5.82 Å². The number of hydrogen-bond acceptors (Lipinski definition) is 4. The van der Waals surface area contributed by atoms with Crippen LogP contribution in [0.15, 0.2) is 12.3 Å². The van der Waals surface area contributed by atoms with Crippen molar-refractivity contribution in [2.45, 2.75) is 33.2 Å². The number of ether oxygens (including phenoxy) is 1. The smallest absolute Gasteiger partial charge is 0.302 e. The highest BCUT2D eigenvalue weighted by molar-refractivity contribution is 6.30. The molecule has 1 heterocycles. The number of pyridine rings is 1. The normalized spacial score (nSPS) is 10.4. The van der Waals surface area contributed by atoms with E-state index in [1.54, 1.807) is 19.2 Å². The molecular weight excluding hydrogens is 264 g/mol. The molecule has 1 aromatic rings. The lowest BCUT2D eigenvalue weighted by Gasteiger charge is -2.26. The molecule has 4 nitrogen and oxygen atoms in total. The first-order chi connectivity index (χ1) is 8.84. The Labute approximate surface area is 118 Å². The van der Waals surface area contributed by atoms with Gasteiger partial charge in [-0.1, -0.05) is 17.5 Å². The number of hydrogen-bond donors (Lipinski definition) is 1. The quantitative estimate of drug-likeness (QED) is 0.681. The fraction of sp³-hybridized carbons (Fsp3) is 0.429. The van der Waals surface area contributed by atoms with Crippen LogP contribution in [0, 0.1) is 11.8 Å². The summed E-state index contributed by atoms with van der Waals surface area (Å²) in [6.45, 7) is 7.19. The Hall–Kier alpha value is -1.73. The van der Waals surface area contributed by atoms with E-state index in [1.807, 2.05) is 13.8 Å². The van der Waals surface area contributed by atoms with Crippen molar-refractivity contribution in [3.8, 4) is 11.8 Å². The van der Waals surface area contributed by atoms with Crippen LogP contribution in [0.2, 0.25) is 5.02 Å². The maximum atomic E-state index is 10.9. The van der Waals surface area contributed by atoms with Crippen molar-refractivity contribution in [1.82, 2.24) is 4.98 Å². The first-order valence-electron chi connectivity index (χ1n) is 5.84. The van der Waals surface area contributed by atoms with Gasteiger partial charge in [0.1, 0.15) is 12.4 Å². The summed E-state index contributed by atoms with van der Waals surface area (Å²) in [6, 6.07) is 1.75. The van der Waals surface area contributed by atoms with E-state index < -0.39 is 5.54 Å². The van der Waals surface area contributed by atoms with Gasteiger partial charge < -0.3 is 10.1 Å². The summed E-state index contributed by atoms with van der Waals surface area (Å²) in [5.74, 6) is 6.06. The Bertz CT molecular complexity index is 530. The summed E-state index contributed by atoms with van der Waals surface area (Å²) in [5.41, 5.74) is 0.266. The van der Waals surface area contributed by atoms with Gasteiger partial charge in [0, 0.05) is 13.1 Å². The lowest BCUT2D eigenvalue weighted by molar-refractivity contribution is -0.142. The van der Waals surface area contributed by atoms with Crippen LogP contribution < -0.4 is 5.32 Å². The van der Waals surface area contributed by atoms with Crippen LogP contribution in [-0.4, -0.2) is 23.1 Å². The summed E-state index contributed by atoms with van der Waals surface area (Å²) in [7, 11) is 0. The Morgan fingerprint density at radius 1 is 1.58 bits per heavy atom. The molecule has 0 aliphatic heterocycles. The van der Waals surface area contributed by atoms with Crippen molar-refractivity contribution in [2.24, 2.45) is 0 Å². The molecule has 0 bridgehead atoms. The lowest BCUT2D eigenvalue weighted by atomic mass is 10.1. The zero-order valence-corrected chi connectivity index (χ0v) is 12.3. The van der Waals surface area contributed by atoms with E-state index in [0.29, 0.717) is 16.4 Å². The zero-order valence-electron chi connectivity index (χ0n) is 11.5. The standard InChI is InChI=1S/C14H17ClN2O2/c1-5-6-11-7-12(15)8-16-13(11)17-14(3,4)9-19-10(2)18/h7-8H,9H2,1-4H3,(H,16,17). The van der Waals surface area contributed by atoms with Gasteiger partial charge in [0.2, 0.25) is 0 Å². The van der Waals surface area contributed by atoms with Crippen molar-refractivity contribution >= 4 is 23.4 Å². The Morgan fingerprint density at radius 3 is 2.84 bits per heavy atom. The van der Waals surface area contributed by atoms with E-state index in [0.717, 1.165) is 0 Å². The SMILES string of the molecule is CC#Cc1cc(Cl)cnc1NC(C)(C)COC(C)=O. The zero-order chi connectivity index (χ0) is 14.5. The maximum Gasteiger partial charge on any atom is 0.302 e. The average molecular weight is 281 g/mol. The number of carbonyl (C=O) groups excluding carboxylic acids is 1. The third-order valence-corrected chi connectivity index (χ3v) is 2.41. The number of aromatic nitrogens is 1. The van der Waals surface area contributed by atoms with Crippen LogP contribution in [0.25, 0.3) is 0 Å². The molecule has 19 heavy (non-hydrogen) atoms. The second kappa shape index (κ2) is 6.44. The van der Waals surface area contributed by atoms with Gasteiger partial charge in [-0.25, -0.2) is 4.98 Å². The second-order valence-corrected chi connectivity index (χ2v) is 5.15. The van der Waals surface area contributed by atoms with Crippen LogP contribution in [0.5, 0.6) is 0 Å². The van der Waals surface area contributed by atoms with Crippen LogP contribution in [0.3, 0.4) is 0 Å². The molecule has 0 saturated heterocycles. The van der Waals surface area contributed by atoms with Crippen molar-refractivity contribution in [3.05, 3.63) is 22.8 Å². The number of halogens is 1. The molecule has 0 unspecified atom stereocenters. The minimum absolute atomic E-state index is 0.242. The third-order valence-electron chi connectivity index (χ3n) is 2.21. The number of anilines is 1. The topological polar surface area (TPSA) is 51.2 Å². The molecule has 0 fully saturated rings. The van der Waals surface area contributed by atoms with Crippen LogP contribution >= 0.6 is 11.6 Å². The molecule has 0 amide bonds. The van der Waals surface area contributed by atoms with Crippen molar-refractivity contribution < 1.29 is 9.53 Å². The summed E-state index contributed by atoms with van der Waals surface area (Å²) in [6.07, 6.45) is 1.55. The molecule has 0 aliphatic carbocycles. The largest absolute Gasteiger partial charge is 0.463 e. The molecular formula is C14H17ClN2O2. The van der Waals surface area contributed by atoms with E-state index in [9.17, 15) is 4.79 Å². The van der Waals surface area contributed by atoms with Crippen LogP contribution in [-0.2, 0) is 9.53 Å². The summed E-state index contributed by atoms with van der Waals surface area (Å²) in [4.78, 5) is 15.1. The minimum atomic E-state index is -0.448. The molecule has 1 rings (SSSR count). The van der Waals surface area contributed by atoms with E-state index in [1.165, 1.54) is 6.92 Å². The third kappa shape index (κ3) is 5.19. The predicted octanol–water partition coefficient (Wildman–Crippen LogP) is 2.86. The van der Waals surface area contributed by atoms with Gasteiger partial charge in [0.25, 0.3) is 0 Å². The highest BCUT2D eigenvalue weighted by Crippen LogP contribution is 2.20. The van der Waals surface area contributed by atoms with Gasteiger partial charge in [0.05, 0.1) is 16.1 Å². The molecule has 0 radical (unpaired) electrons. The lowest BCUT2D eigenvalue weighted by Crippen LogP contribution is -2.37. The fourth-order valence-corrected chi connectivity index (χ4v) is 1.57. The fourth-order valence-electron chi connectivity index (χ4n) is 1.41. The molecule has 0 saturated carbocycles. The molecule has 1 aromatic heterocycles. The number of nitrogens with zero attached hydrogens (tertiary/aromatic N) is 1. The van der Waals surface area contributed by atoms with Gasteiger partial charge in [-0.2, -0.15) is 0 Å². The van der Waals surface area contributed by atoms with Crippen molar-refractivity contribution in [1.29, 1.82) is 0 Å². The van der Waals surface area contributed by atoms with E-state index >= 15 is 0 Å². The maximum absolute atomic E-state index is 10.9. The molecule has 0 spiro atoms. The summed E-state index contributed by atoms with van der Waals surface area (Å²) in [5, 5.41) is 3.73. The predicted molar refractivity (Wildman–Crippen MR) is 76.1 cm³/mol. The van der Waals surface area contributed by atoms with Crippen molar-refractivity contribution in [3.63, 3.8) is 0 Å². The first-order valence-corrected chi connectivity index (χ1v) is 6.22. The number of esters is 1. The van der Waals surface area contributed by atoms with Gasteiger partial charge >= 0.3 is 5.97 Å². The summed E-state index contributed by atoms with van der Waals surface area (Å²) < 4.78 is 5.01. The Balaban J connectivity index is 2.90. The highest BCUT2D eigenvalue weighted by atomic mass is 35.5. The van der Waals surface area contributed by atoms with Crippen LogP contribution in [0.1, 0.15) is 33.3 Å².